The number of aromatic hydroxyl groups is 1. The maximum atomic E-state index is 12.8. The molecular weight excluding hydrogens is 390 g/mol. The summed E-state index contributed by atoms with van der Waals surface area (Å²) in [4.78, 5) is 12.5. The number of hydrazone groups is 1. The second-order valence-electron chi connectivity index (χ2n) is 6.02. The molecule has 1 heterocycles. The predicted octanol–water partition coefficient (Wildman–Crippen LogP) is 2.35. The molecule has 1 fully saturated rings. The number of rotatable bonds is 5. The van der Waals surface area contributed by atoms with Gasteiger partial charge in [-0.2, -0.15) is 9.41 Å². The number of nitrogens with zero attached hydrogens (tertiary/aromatic N) is 2. The van der Waals surface area contributed by atoms with Gasteiger partial charge >= 0.3 is 0 Å². The van der Waals surface area contributed by atoms with Crippen LogP contribution in [0.4, 0.5) is 0 Å². The summed E-state index contributed by atoms with van der Waals surface area (Å²) in [6.07, 6.45) is 2.29. The monoisotopic (exact) mass is 407 g/mol. The van der Waals surface area contributed by atoms with Crippen LogP contribution in [0.1, 0.15) is 18.4 Å². The van der Waals surface area contributed by atoms with Crippen LogP contribution in [-0.4, -0.2) is 42.5 Å². The third-order valence-corrected chi connectivity index (χ3v) is 6.42. The van der Waals surface area contributed by atoms with Crippen molar-refractivity contribution in [2.45, 2.75) is 23.8 Å². The Hall–Kier alpha value is -2.42. The summed E-state index contributed by atoms with van der Waals surface area (Å²) >= 11 is 5.81. The first-order valence-corrected chi connectivity index (χ1v) is 10.1. The number of phenols is 1. The molecule has 9 heteroatoms. The summed E-state index contributed by atoms with van der Waals surface area (Å²) < 4.78 is 26.8. The summed E-state index contributed by atoms with van der Waals surface area (Å²) in [5.74, 6) is -0.486. The average molecular weight is 408 g/mol. The molecule has 2 aromatic carbocycles. The number of halogens is 1. The normalized spacial score (nSPS) is 18.0. The average Bonchev–Trinajstić information content (AvgIpc) is 3.14. The van der Waals surface area contributed by atoms with E-state index in [1.54, 1.807) is 18.2 Å². The molecule has 2 aromatic rings. The van der Waals surface area contributed by atoms with Crippen molar-refractivity contribution in [3.05, 3.63) is 59.1 Å². The Balaban J connectivity index is 1.73. The predicted molar refractivity (Wildman–Crippen MR) is 102 cm³/mol. The van der Waals surface area contributed by atoms with E-state index in [9.17, 15) is 18.3 Å². The fourth-order valence-electron chi connectivity index (χ4n) is 2.87. The smallest absolute Gasteiger partial charge is 0.258 e. The largest absolute Gasteiger partial charge is 0.507 e. The van der Waals surface area contributed by atoms with Crippen LogP contribution in [0.25, 0.3) is 0 Å². The van der Waals surface area contributed by atoms with Crippen molar-refractivity contribution in [1.82, 2.24) is 9.73 Å². The van der Waals surface area contributed by atoms with E-state index in [0.29, 0.717) is 23.4 Å². The molecule has 142 valence electrons. The topological polar surface area (TPSA) is 99.1 Å². The number of hydrogen-bond donors (Lipinski definition) is 2. The van der Waals surface area contributed by atoms with Crippen LogP contribution < -0.4 is 5.43 Å². The summed E-state index contributed by atoms with van der Waals surface area (Å²) in [5, 5.41) is 13.9. The molecule has 1 aliphatic heterocycles. The summed E-state index contributed by atoms with van der Waals surface area (Å²) in [6, 6.07) is 11.5. The summed E-state index contributed by atoms with van der Waals surface area (Å²) in [6.45, 7) is 0.256. The Labute approximate surface area is 162 Å². The van der Waals surface area contributed by atoms with E-state index < -0.39 is 22.0 Å². The minimum atomic E-state index is -3.81. The van der Waals surface area contributed by atoms with Crippen molar-refractivity contribution in [2.75, 3.05) is 6.54 Å². The van der Waals surface area contributed by atoms with Crippen LogP contribution in [0.15, 0.2) is 58.5 Å². The molecule has 7 nitrogen and oxygen atoms in total. The van der Waals surface area contributed by atoms with Crippen molar-refractivity contribution >= 4 is 33.7 Å². The molecule has 3 rings (SSSR count). The van der Waals surface area contributed by atoms with Crippen LogP contribution in [0.2, 0.25) is 5.02 Å². The number of sulfonamides is 1. The second kappa shape index (κ2) is 8.08. The first-order valence-electron chi connectivity index (χ1n) is 8.28. The van der Waals surface area contributed by atoms with Gasteiger partial charge in [0.1, 0.15) is 11.8 Å². The van der Waals surface area contributed by atoms with E-state index in [1.807, 2.05) is 0 Å². The van der Waals surface area contributed by atoms with E-state index in [-0.39, 0.29) is 17.2 Å². The van der Waals surface area contributed by atoms with Gasteiger partial charge in [-0.25, -0.2) is 13.8 Å². The minimum absolute atomic E-state index is 0.0308. The van der Waals surface area contributed by atoms with E-state index in [1.165, 1.54) is 40.9 Å². The van der Waals surface area contributed by atoms with Crippen LogP contribution in [0.3, 0.4) is 0 Å². The highest BCUT2D eigenvalue weighted by atomic mass is 35.5. The standard InChI is InChI=1S/C18H18ClN3O4S/c19-14-7-9-15(10-8-14)27(25,26)22-11-3-5-16(22)18(24)21-20-12-13-4-1-2-6-17(13)23/h1-2,4,6-10,12,16,23H,3,5,11H2,(H,21,24)/b20-12-/t16-/m1/s1. The Bertz CT molecular complexity index is 961. The van der Waals surface area contributed by atoms with Gasteiger partial charge in [-0.05, 0) is 49.2 Å². The van der Waals surface area contributed by atoms with Gasteiger partial charge in [-0.15, -0.1) is 0 Å². The highest BCUT2D eigenvalue weighted by Crippen LogP contribution is 2.27. The van der Waals surface area contributed by atoms with Gasteiger partial charge in [-0.1, -0.05) is 23.7 Å². The summed E-state index contributed by atoms with van der Waals surface area (Å²) in [7, 11) is -3.81. The van der Waals surface area contributed by atoms with Crippen LogP contribution >= 0.6 is 11.6 Å². The molecule has 0 unspecified atom stereocenters. The number of benzene rings is 2. The molecule has 0 spiro atoms. The van der Waals surface area contributed by atoms with Crippen molar-refractivity contribution in [3.8, 4) is 5.75 Å². The first kappa shape index (κ1) is 19.3. The van der Waals surface area contributed by atoms with E-state index in [4.69, 9.17) is 11.6 Å². The number of amides is 1. The van der Waals surface area contributed by atoms with Crippen LogP contribution in [0, 0.1) is 0 Å². The van der Waals surface area contributed by atoms with Gasteiger partial charge in [0.25, 0.3) is 5.91 Å². The summed E-state index contributed by atoms with van der Waals surface area (Å²) in [5.41, 5.74) is 2.79. The third-order valence-electron chi connectivity index (χ3n) is 4.24. The van der Waals surface area contributed by atoms with Crippen molar-refractivity contribution in [1.29, 1.82) is 0 Å². The number of hydrogen-bond acceptors (Lipinski definition) is 5. The Morgan fingerprint density at radius 3 is 2.63 bits per heavy atom. The lowest BCUT2D eigenvalue weighted by Crippen LogP contribution is -2.44. The SMILES string of the molecule is O=C(N/N=C\c1ccccc1O)[C@H]1CCCN1S(=O)(=O)c1ccc(Cl)cc1. The zero-order valence-corrected chi connectivity index (χ0v) is 15.8. The highest BCUT2D eigenvalue weighted by molar-refractivity contribution is 7.89. The van der Waals surface area contributed by atoms with Gasteiger partial charge in [0.05, 0.1) is 11.1 Å². The lowest BCUT2D eigenvalue weighted by Gasteiger charge is -2.22. The molecule has 0 aromatic heterocycles. The molecule has 1 atom stereocenters. The molecule has 0 saturated carbocycles. The van der Waals surface area contributed by atoms with Crippen molar-refractivity contribution in [2.24, 2.45) is 5.10 Å². The first-order chi connectivity index (χ1) is 12.9. The number of carbonyl (C=O) groups excluding carboxylic acids is 1. The fraction of sp³-hybridized carbons (Fsp3) is 0.222. The van der Waals surface area contributed by atoms with Crippen LogP contribution in [0.5, 0.6) is 5.75 Å². The maximum absolute atomic E-state index is 12.8. The molecule has 0 aliphatic carbocycles. The molecule has 27 heavy (non-hydrogen) atoms. The molecule has 2 N–H and O–H groups in total. The van der Waals surface area contributed by atoms with Gasteiger partial charge in [0.2, 0.25) is 10.0 Å². The van der Waals surface area contributed by atoms with Gasteiger partial charge in [-0.3, -0.25) is 4.79 Å². The number of phenolic OH excluding ortho intramolecular Hbond substituents is 1. The van der Waals surface area contributed by atoms with E-state index in [2.05, 4.69) is 10.5 Å². The fourth-order valence-corrected chi connectivity index (χ4v) is 4.65. The highest BCUT2D eigenvalue weighted by Gasteiger charge is 2.39. The lowest BCUT2D eigenvalue weighted by atomic mass is 10.2. The quantitative estimate of drug-likeness (QED) is 0.587. The zero-order valence-electron chi connectivity index (χ0n) is 14.2. The molecule has 1 aliphatic rings. The Morgan fingerprint density at radius 1 is 1.22 bits per heavy atom. The van der Waals surface area contributed by atoms with Crippen molar-refractivity contribution in [3.63, 3.8) is 0 Å². The van der Waals surface area contributed by atoms with Gasteiger partial charge in [0.15, 0.2) is 0 Å². The third kappa shape index (κ3) is 4.29. The maximum Gasteiger partial charge on any atom is 0.258 e. The van der Waals surface area contributed by atoms with Gasteiger partial charge < -0.3 is 5.11 Å². The number of para-hydroxylation sites is 1. The zero-order chi connectivity index (χ0) is 19.4. The molecule has 1 amide bonds. The molecule has 0 bridgehead atoms. The van der Waals surface area contributed by atoms with E-state index in [0.717, 1.165) is 0 Å². The Morgan fingerprint density at radius 2 is 1.93 bits per heavy atom. The number of carbonyl (C=O) groups is 1. The molecular formula is C18H18ClN3O4S. The second-order valence-corrected chi connectivity index (χ2v) is 8.35. The van der Waals surface area contributed by atoms with Crippen LogP contribution in [-0.2, 0) is 14.8 Å². The van der Waals surface area contributed by atoms with Crippen molar-refractivity contribution < 1.29 is 18.3 Å². The lowest BCUT2D eigenvalue weighted by molar-refractivity contribution is -0.124. The number of nitrogens with one attached hydrogen (secondary N) is 1. The molecule has 0 radical (unpaired) electrons. The Kier molecular flexibility index (Phi) is 5.79. The minimum Gasteiger partial charge on any atom is -0.507 e. The van der Waals surface area contributed by atoms with E-state index >= 15 is 0 Å². The molecule has 1 saturated heterocycles. The van der Waals surface area contributed by atoms with Gasteiger partial charge in [0, 0.05) is 17.1 Å².